The maximum absolute atomic E-state index is 13.4. The van der Waals surface area contributed by atoms with E-state index in [9.17, 15) is 14.0 Å². The van der Waals surface area contributed by atoms with E-state index >= 15 is 0 Å². The molecule has 5 nitrogen and oxygen atoms in total. The van der Waals surface area contributed by atoms with Crippen LogP contribution in [0.3, 0.4) is 0 Å². The van der Waals surface area contributed by atoms with Crippen LogP contribution in [-0.2, 0) is 4.79 Å². The van der Waals surface area contributed by atoms with E-state index in [1.165, 1.54) is 0 Å². The minimum atomic E-state index is -1.66. The Morgan fingerprint density at radius 1 is 1.50 bits per heavy atom. The van der Waals surface area contributed by atoms with Crippen LogP contribution in [0.15, 0.2) is 12.4 Å². The number of carboxylic acid groups (broad SMARTS) is 1. The summed E-state index contributed by atoms with van der Waals surface area (Å²) >= 11 is 5.66. The van der Waals surface area contributed by atoms with Crippen molar-refractivity contribution in [1.82, 2.24) is 9.97 Å². The third kappa shape index (κ3) is 1.43. The average Bonchev–Trinajstić information content (AvgIpc) is 2.67. The first kappa shape index (κ1) is 10.6. The number of aromatic amines is 1. The van der Waals surface area contributed by atoms with Crippen molar-refractivity contribution in [3.05, 3.63) is 28.9 Å². The molecule has 16 heavy (non-hydrogen) atoms. The first-order valence-corrected chi connectivity index (χ1v) is 4.49. The van der Waals surface area contributed by atoms with E-state index in [2.05, 4.69) is 9.97 Å². The fourth-order valence-electron chi connectivity index (χ4n) is 1.37. The average molecular weight is 243 g/mol. The lowest BCUT2D eigenvalue weighted by Gasteiger charge is -1.96. The standard InChI is InChI=1S/C9H4ClFN2O3/c10-8-6-5(4(11)2-13-8)3(1-12-6)7(14)9(15)16/h1-2,12H,(H,15,16). The molecule has 82 valence electrons. The molecule has 0 bridgehead atoms. The summed E-state index contributed by atoms with van der Waals surface area (Å²) in [6.07, 6.45) is 1.93. The van der Waals surface area contributed by atoms with Crippen LogP contribution >= 0.6 is 11.6 Å². The quantitative estimate of drug-likeness (QED) is 0.476. The van der Waals surface area contributed by atoms with E-state index in [0.717, 1.165) is 12.4 Å². The number of aliphatic carboxylic acids is 1. The topological polar surface area (TPSA) is 83.0 Å². The molecule has 0 saturated carbocycles. The third-order valence-electron chi connectivity index (χ3n) is 2.06. The summed E-state index contributed by atoms with van der Waals surface area (Å²) in [7, 11) is 0. The van der Waals surface area contributed by atoms with Crippen LogP contribution in [-0.4, -0.2) is 26.8 Å². The van der Waals surface area contributed by atoms with Crippen molar-refractivity contribution in [3.63, 3.8) is 0 Å². The van der Waals surface area contributed by atoms with Crippen LogP contribution in [0.1, 0.15) is 10.4 Å². The number of nitrogens with zero attached hydrogens (tertiary/aromatic N) is 1. The first-order valence-electron chi connectivity index (χ1n) is 4.11. The van der Waals surface area contributed by atoms with Crippen molar-refractivity contribution in [3.8, 4) is 0 Å². The molecule has 0 aliphatic heterocycles. The molecule has 2 aromatic rings. The predicted octanol–water partition coefficient (Wildman–Crippen LogP) is 1.62. The highest BCUT2D eigenvalue weighted by Crippen LogP contribution is 2.26. The molecule has 0 fully saturated rings. The molecular weight excluding hydrogens is 239 g/mol. The molecule has 0 spiro atoms. The normalized spacial score (nSPS) is 10.6. The monoisotopic (exact) mass is 242 g/mol. The molecule has 0 radical (unpaired) electrons. The highest BCUT2D eigenvalue weighted by Gasteiger charge is 2.22. The SMILES string of the molecule is O=C(O)C(=O)c1c[nH]c2c(Cl)ncc(F)c12. The van der Waals surface area contributed by atoms with Gasteiger partial charge in [-0.1, -0.05) is 11.6 Å². The number of ketones is 1. The van der Waals surface area contributed by atoms with Gasteiger partial charge in [0, 0.05) is 6.20 Å². The van der Waals surface area contributed by atoms with Crippen molar-refractivity contribution >= 4 is 34.3 Å². The third-order valence-corrected chi connectivity index (χ3v) is 2.34. The molecule has 2 heterocycles. The molecule has 0 aliphatic carbocycles. The van der Waals surface area contributed by atoms with Crippen molar-refractivity contribution in [1.29, 1.82) is 0 Å². The summed E-state index contributed by atoms with van der Waals surface area (Å²) in [6.45, 7) is 0. The van der Waals surface area contributed by atoms with Crippen molar-refractivity contribution in [2.24, 2.45) is 0 Å². The lowest BCUT2D eigenvalue weighted by atomic mass is 10.1. The van der Waals surface area contributed by atoms with Crippen LogP contribution in [0.2, 0.25) is 5.15 Å². The maximum atomic E-state index is 13.4. The smallest absolute Gasteiger partial charge is 0.377 e. The summed E-state index contributed by atoms with van der Waals surface area (Å²) in [5.74, 6) is -3.66. The molecular formula is C9H4ClFN2O3. The molecule has 2 N–H and O–H groups in total. The predicted molar refractivity (Wildman–Crippen MR) is 53.0 cm³/mol. The van der Waals surface area contributed by atoms with Crippen molar-refractivity contribution < 1.29 is 19.1 Å². The molecule has 2 aromatic heterocycles. The van der Waals surface area contributed by atoms with Gasteiger partial charge in [-0.05, 0) is 0 Å². The van der Waals surface area contributed by atoms with Crippen LogP contribution < -0.4 is 0 Å². The van der Waals surface area contributed by atoms with Gasteiger partial charge in [0.2, 0.25) is 0 Å². The van der Waals surface area contributed by atoms with E-state index < -0.39 is 17.6 Å². The van der Waals surface area contributed by atoms with Gasteiger partial charge in [0.25, 0.3) is 5.78 Å². The van der Waals surface area contributed by atoms with Gasteiger partial charge in [-0.3, -0.25) is 4.79 Å². The molecule has 0 atom stereocenters. The second kappa shape index (κ2) is 3.57. The van der Waals surface area contributed by atoms with E-state index in [-0.39, 0.29) is 21.6 Å². The zero-order valence-electron chi connectivity index (χ0n) is 7.62. The van der Waals surface area contributed by atoms with Gasteiger partial charge in [-0.2, -0.15) is 0 Å². The van der Waals surface area contributed by atoms with Crippen molar-refractivity contribution in [2.45, 2.75) is 0 Å². The van der Waals surface area contributed by atoms with Crippen LogP contribution in [0.5, 0.6) is 0 Å². The lowest BCUT2D eigenvalue weighted by Crippen LogP contribution is -2.12. The van der Waals surface area contributed by atoms with Gasteiger partial charge in [-0.15, -0.1) is 0 Å². The number of aromatic nitrogens is 2. The Balaban J connectivity index is 2.78. The van der Waals surface area contributed by atoms with Crippen LogP contribution in [0.25, 0.3) is 10.9 Å². The Morgan fingerprint density at radius 2 is 2.19 bits per heavy atom. The molecule has 7 heteroatoms. The minimum absolute atomic E-state index is 0.0270. The number of carbonyl (C=O) groups excluding carboxylic acids is 1. The van der Waals surface area contributed by atoms with Gasteiger partial charge in [-0.25, -0.2) is 14.2 Å². The highest BCUT2D eigenvalue weighted by atomic mass is 35.5. The fraction of sp³-hybridized carbons (Fsp3) is 0. The summed E-state index contributed by atoms with van der Waals surface area (Å²) in [4.78, 5) is 27.8. The minimum Gasteiger partial charge on any atom is -0.475 e. The van der Waals surface area contributed by atoms with Gasteiger partial charge in [0.1, 0.15) is 0 Å². The van der Waals surface area contributed by atoms with Gasteiger partial charge in [0.05, 0.1) is 22.7 Å². The zero-order valence-corrected chi connectivity index (χ0v) is 8.38. The Hall–Kier alpha value is -1.95. The number of rotatable bonds is 2. The largest absolute Gasteiger partial charge is 0.475 e. The number of H-pyrrole nitrogens is 1. The Kier molecular flexibility index (Phi) is 2.35. The lowest BCUT2D eigenvalue weighted by molar-refractivity contribution is -0.131. The maximum Gasteiger partial charge on any atom is 0.377 e. The van der Waals surface area contributed by atoms with Crippen molar-refractivity contribution in [2.75, 3.05) is 0 Å². The summed E-state index contributed by atoms with van der Waals surface area (Å²) in [6, 6.07) is 0. The number of halogens is 2. The molecule has 0 aliphatic rings. The fourth-order valence-corrected chi connectivity index (χ4v) is 1.57. The second-order valence-corrected chi connectivity index (χ2v) is 3.34. The number of pyridine rings is 1. The van der Waals surface area contributed by atoms with E-state index in [1.54, 1.807) is 0 Å². The van der Waals surface area contributed by atoms with Crippen LogP contribution in [0, 0.1) is 5.82 Å². The van der Waals surface area contributed by atoms with Crippen LogP contribution in [0.4, 0.5) is 4.39 Å². The molecule has 2 rings (SSSR count). The molecule has 0 amide bonds. The molecule has 0 unspecified atom stereocenters. The van der Waals surface area contributed by atoms with E-state index in [0.29, 0.717) is 0 Å². The number of Topliss-reactive ketones (excluding diaryl/α,β-unsaturated/α-hetero) is 1. The number of carboxylic acids is 1. The highest BCUT2D eigenvalue weighted by molar-refractivity contribution is 6.43. The molecule has 0 saturated heterocycles. The van der Waals surface area contributed by atoms with Gasteiger partial charge in [0.15, 0.2) is 11.0 Å². The Labute approximate surface area is 92.9 Å². The number of fused-ring (bicyclic) bond motifs is 1. The number of nitrogens with one attached hydrogen (secondary N) is 1. The van der Waals surface area contributed by atoms with E-state index in [4.69, 9.17) is 16.7 Å². The van der Waals surface area contributed by atoms with Gasteiger partial charge < -0.3 is 10.1 Å². The first-order chi connectivity index (χ1) is 7.52. The molecule has 0 aromatic carbocycles. The summed E-state index contributed by atoms with van der Waals surface area (Å²) in [5.41, 5.74) is -0.171. The summed E-state index contributed by atoms with van der Waals surface area (Å²) in [5, 5.41) is 8.35. The van der Waals surface area contributed by atoms with E-state index in [1.807, 2.05) is 0 Å². The second-order valence-electron chi connectivity index (χ2n) is 2.98. The Morgan fingerprint density at radius 3 is 2.81 bits per heavy atom. The Bertz CT molecular complexity index is 608. The van der Waals surface area contributed by atoms with Gasteiger partial charge >= 0.3 is 5.97 Å². The number of carbonyl (C=O) groups is 2. The number of hydrogen-bond acceptors (Lipinski definition) is 3. The zero-order chi connectivity index (χ0) is 11.9. The summed E-state index contributed by atoms with van der Waals surface area (Å²) < 4.78 is 13.4. The number of hydrogen-bond donors (Lipinski definition) is 2.